The Balaban J connectivity index is 3.35. The molecule has 0 bridgehead atoms. The summed E-state index contributed by atoms with van der Waals surface area (Å²) in [5.74, 6) is -0.825. The Morgan fingerprint density at radius 3 is 2.11 bits per heavy atom. The zero-order valence-electron chi connectivity index (χ0n) is 24.5. The van der Waals surface area contributed by atoms with E-state index in [1.807, 2.05) is 78.1 Å². The summed E-state index contributed by atoms with van der Waals surface area (Å²) in [6.45, 7) is 15.7. The first kappa shape index (κ1) is 32.7. The number of carbonyl (C=O) groups is 3. The van der Waals surface area contributed by atoms with Gasteiger partial charge in [0, 0.05) is 22.8 Å². The number of nitrogens with zero attached hydrogens (tertiary/aromatic N) is 1. The van der Waals surface area contributed by atoms with Crippen LogP contribution in [0.2, 0.25) is 0 Å². The fourth-order valence-corrected chi connectivity index (χ4v) is 4.80. The standard InChI is InChI=1S/C29H47N3O4S/c1-12-36-27(35)20(4)18-22(19(2)3)32(10)26(34)24(29(7,8)37-11)31-25(33)23(30-9)28(5,6)21-16-14-13-15-17-21/h13-19,22-24,30H,12H2,1-11H3,(H,31,33)/b20-18+/t22-,23-,24-/m1/s1. The van der Waals surface area contributed by atoms with Crippen LogP contribution in [0.4, 0.5) is 0 Å². The molecule has 0 aliphatic heterocycles. The summed E-state index contributed by atoms with van der Waals surface area (Å²) < 4.78 is 4.54. The van der Waals surface area contributed by atoms with Crippen LogP contribution < -0.4 is 10.6 Å². The summed E-state index contributed by atoms with van der Waals surface area (Å²) in [5.41, 5.74) is 0.945. The maximum Gasteiger partial charge on any atom is 0.333 e. The molecule has 0 aromatic heterocycles. The minimum atomic E-state index is -0.792. The van der Waals surface area contributed by atoms with Crippen LogP contribution >= 0.6 is 11.8 Å². The predicted molar refractivity (Wildman–Crippen MR) is 154 cm³/mol. The van der Waals surface area contributed by atoms with Gasteiger partial charge in [0.1, 0.15) is 6.04 Å². The van der Waals surface area contributed by atoms with Gasteiger partial charge in [-0.2, -0.15) is 11.8 Å². The molecule has 0 fully saturated rings. The van der Waals surface area contributed by atoms with Gasteiger partial charge in [-0.25, -0.2) is 4.79 Å². The van der Waals surface area contributed by atoms with E-state index in [1.54, 1.807) is 38.9 Å². The molecule has 0 spiro atoms. The van der Waals surface area contributed by atoms with E-state index in [-0.39, 0.29) is 30.4 Å². The molecule has 1 rings (SSSR count). The minimum Gasteiger partial charge on any atom is -0.463 e. The fraction of sp³-hybridized carbons (Fsp3) is 0.621. The number of thioether (sulfide) groups is 1. The lowest BCUT2D eigenvalue weighted by Crippen LogP contribution is -2.63. The van der Waals surface area contributed by atoms with Crippen LogP contribution in [-0.2, 0) is 24.5 Å². The summed E-state index contributed by atoms with van der Waals surface area (Å²) in [6.07, 6.45) is 3.71. The maximum absolute atomic E-state index is 14.0. The lowest BCUT2D eigenvalue weighted by Gasteiger charge is -2.40. The molecule has 1 aromatic rings. The molecule has 0 saturated heterocycles. The van der Waals surface area contributed by atoms with Crippen molar-refractivity contribution in [3.63, 3.8) is 0 Å². The van der Waals surface area contributed by atoms with Gasteiger partial charge in [-0.15, -0.1) is 0 Å². The average Bonchev–Trinajstić information content (AvgIpc) is 2.85. The highest BCUT2D eigenvalue weighted by Gasteiger charge is 2.43. The van der Waals surface area contributed by atoms with Crippen molar-refractivity contribution in [2.24, 2.45) is 5.92 Å². The normalized spacial score (nSPS) is 15.1. The SMILES string of the molecule is CCOC(=O)/C(C)=C/[C@H](C(C)C)N(C)C(=O)[C@@H](NC(=O)[C@@H](NC)C(C)(C)c1ccccc1)C(C)(C)SC. The molecule has 0 unspecified atom stereocenters. The number of hydrogen-bond acceptors (Lipinski definition) is 6. The Hall–Kier alpha value is -2.32. The number of ether oxygens (including phenoxy) is 1. The van der Waals surface area contributed by atoms with Gasteiger partial charge in [-0.3, -0.25) is 9.59 Å². The van der Waals surface area contributed by atoms with Gasteiger partial charge in [-0.05, 0) is 52.5 Å². The highest BCUT2D eigenvalue weighted by atomic mass is 32.2. The van der Waals surface area contributed by atoms with Crippen LogP contribution in [0.1, 0.15) is 61.0 Å². The molecule has 8 heteroatoms. The zero-order valence-corrected chi connectivity index (χ0v) is 25.3. The maximum atomic E-state index is 14.0. The number of benzene rings is 1. The summed E-state index contributed by atoms with van der Waals surface area (Å²) in [6, 6.07) is 8.16. The Labute approximate surface area is 228 Å². The third-order valence-corrected chi connectivity index (χ3v) is 8.33. The van der Waals surface area contributed by atoms with E-state index >= 15 is 0 Å². The first-order valence-corrected chi connectivity index (χ1v) is 14.1. The van der Waals surface area contributed by atoms with Crippen molar-refractivity contribution in [1.29, 1.82) is 0 Å². The van der Waals surface area contributed by atoms with Crippen molar-refractivity contribution in [2.75, 3.05) is 27.0 Å². The third kappa shape index (κ3) is 8.34. The second-order valence-corrected chi connectivity index (χ2v) is 12.3. The van der Waals surface area contributed by atoms with E-state index in [9.17, 15) is 14.4 Å². The van der Waals surface area contributed by atoms with E-state index in [2.05, 4.69) is 10.6 Å². The first-order chi connectivity index (χ1) is 17.1. The largest absolute Gasteiger partial charge is 0.463 e. The molecule has 2 N–H and O–H groups in total. The Kier molecular flexibility index (Phi) is 12.4. The Morgan fingerprint density at radius 2 is 1.65 bits per heavy atom. The van der Waals surface area contributed by atoms with Gasteiger partial charge in [0.25, 0.3) is 0 Å². The smallest absolute Gasteiger partial charge is 0.333 e. The molecule has 208 valence electrons. The number of esters is 1. The number of hydrogen-bond donors (Lipinski definition) is 2. The van der Waals surface area contributed by atoms with Crippen LogP contribution in [0.25, 0.3) is 0 Å². The van der Waals surface area contributed by atoms with Crippen molar-refractivity contribution in [3.8, 4) is 0 Å². The van der Waals surface area contributed by atoms with Gasteiger partial charge in [0.2, 0.25) is 11.8 Å². The van der Waals surface area contributed by atoms with Gasteiger partial charge < -0.3 is 20.3 Å². The molecular weight excluding hydrogens is 486 g/mol. The molecule has 1 aromatic carbocycles. The van der Waals surface area contributed by atoms with E-state index in [0.717, 1.165) is 5.56 Å². The van der Waals surface area contributed by atoms with Gasteiger partial charge in [-0.1, -0.05) is 64.1 Å². The van der Waals surface area contributed by atoms with Gasteiger partial charge >= 0.3 is 5.97 Å². The Bertz CT molecular complexity index is 944. The second kappa shape index (κ2) is 14.0. The fourth-order valence-electron chi connectivity index (χ4n) is 4.40. The molecule has 2 amide bonds. The molecule has 0 aliphatic rings. The number of carbonyl (C=O) groups excluding carboxylic acids is 3. The number of nitrogens with one attached hydrogen (secondary N) is 2. The van der Waals surface area contributed by atoms with Crippen molar-refractivity contribution in [1.82, 2.24) is 15.5 Å². The summed E-state index contributed by atoms with van der Waals surface area (Å²) >= 11 is 1.52. The monoisotopic (exact) mass is 533 g/mol. The molecule has 37 heavy (non-hydrogen) atoms. The third-order valence-electron chi connectivity index (χ3n) is 7.04. The van der Waals surface area contributed by atoms with Crippen molar-refractivity contribution in [2.45, 2.75) is 83.7 Å². The van der Waals surface area contributed by atoms with Crippen LogP contribution in [0.3, 0.4) is 0 Å². The van der Waals surface area contributed by atoms with E-state index in [4.69, 9.17) is 4.74 Å². The molecule has 0 heterocycles. The molecular formula is C29H47N3O4S. The van der Waals surface area contributed by atoms with Gasteiger partial charge in [0.05, 0.1) is 18.7 Å². The van der Waals surface area contributed by atoms with Crippen LogP contribution in [0.15, 0.2) is 42.0 Å². The Morgan fingerprint density at radius 1 is 1.08 bits per heavy atom. The quantitative estimate of drug-likeness (QED) is 0.292. The van der Waals surface area contributed by atoms with Crippen LogP contribution in [0.5, 0.6) is 0 Å². The highest BCUT2D eigenvalue weighted by Crippen LogP contribution is 2.30. The molecule has 0 radical (unpaired) electrons. The highest BCUT2D eigenvalue weighted by molar-refractivity contribution is 8.00. The molecule has 0 saturated carbocycles. The van der Waals surface area contributed by atoms with E-state index in [0.29, 0.717) is 5.57 Å². The topological polar surface area (TPSA) is 87.7 Å². The number of likely N-dealkylation sites (N-methyl/N-ethyl adjacent to an activating group) is 2. The van der Waals surface area contributed by atoms with Crippen molar-refractivity contribution >= 4 is 29.5 Å². The second-order valence-electron chi connectivity index (χ2n) is 10.8. The summed E-state index contributed by atoms with van der Waals surface area (Å²) in [5, 5.41) is 6.25. The number of amides is 2. The van der Waals surface area contributed by atoms with Gasteiger partial charge in [0.15, 0.2) is 0 Å². The molecule has 3 atom stereocenters. The van der Waals surface area contributed by atoms with Crippen molar-refractivity contribution in [3.05, 3.63) is 47.5 Å². The van der Waals surface area contributed by atoms with Crippen molar-refractivity contribution < 1.29 is 19.1 Å². The number of rotatable bonds is 13. The lowest BCUT2D eigenvalue weighted by atomic mass is 9.77. The van der Waals surface area contributed by atoms with E-state index in [1.165, 1.54) is 11.8 Å². The lowest BCUT2D eigenvalue weighted by molar-refractivity contribution is -0.139. The molecule has 0 aliphatic carbocycles. The van der Waals surface area contributed by atoms with E-state index < -0.39 is 28.2 Å². The zero-order chi connectivity index (χ0) is 28.6. The molecule has 7 nitrogen and oxygen atoms in total. The summed E-state index contributed by atoms with van der Waals surface area (Å²) in [4.78, 5) is 41.5. The van der Waals surface area contributed by atoms with Crippen LogP contribution in [-0.4, -0.2) is 72.5 Å². The average molecular weight is 534 g/mol. The minimum absolute atomic E-state index is 0.0362. The summed E-state index contributed by atoms with van der Waals surface area (Å²) in [7, 11) is 3.48. The predicted octanol–water partition coefficient (Wildman–Crippen LogP) is 4.17. The van der Waals surface area contributed by atoms with Crippen LogP contribution in [0, 0.1) is 5.92 Å². The first-order valence-electron chi connectivity index (χ1n) is 12.9.